The van der Waals surface area contributed by atoms with Crippen molar-refractivity contribution in [3.8, 4) is 11.1 Å². The van der Waals surface area contributed by atoms with E-state index in [9.17, 15) is 19.5 Å². The van der Waals surface area contributed by atoms with E-state index in [1.807, 2.05) is 36.4 Å². The Bertz CT molecular complexity index is 1250. The molecule has 0 bridgehead atoms. The first-order chi connectivity index (χ1) is 16.8. The number of benzene rings is 3. The fraction of sp³-hybridized carbons (Fsp3) is 0.192. The number of carbonyl (C=O) groups excluding carboxylic acids is 2. The normalized spacial score (nSPS) is 13.8. The van der Waals surface area contributed by atoms with Gasteiger partial charge in [-0.1, -0.05) is 48.5 Å². The average Bonchev–Trinajstić information content (AvgIpc) is 3.15. The maximum absolute atomic E-state index is 12.5. The molecular formula is C26H23BrN2O6. The maximum atomic E-state index is 12.5. The molecule has 0 spiro atoms. The number of halogens is 1. The Hall–Kier alpha value is -3.69. The first kappa shape index (κ1) is 24.4. The average molecular weight is 539 g/mol. The van der Waals surface area contributed by atoms with Crippen molar-refractivity contribution in [3.63, 3.8) is 0 Å². The lowest BCUT2D eigenvalue weighted by atomic mass is 9.98. The fourth-order valence-corrected chi connectivity index (χ4v) is 4.59. The fourth-order valence-electron chi connectivity index (χ4n) is 4.12. The van der Waals surface area contributed by atoms with Crippen LogP contribution in [-0.2, 0) is 9.53 Å². The minimum Gasteiger partial charge on any atom is -0.480 e. The van der Waals surface area contributed by atoms with Crippen molar-refractivity contribution in [2.24, 2.45) is 0 Å². The van der Waals surface area contributed by atoms with Gasteiger partial charge in [0.2, 0.25) is 0 Å². The number of amides is 2. The van der Waals surface area contributed by atoms with Crippen molar-refractivity contribution < 1.29 is 29.3 Å². The van der Waals surface area contributed by atoms with Crippen LogP contribution >= 0.6 is 15.9 Å². The summed E-state index contributed by atoms with van der Waals surface area (Å²) in [6.07, 6.45) is -1.92. The Labute approximate surface area is 210 Å². The molecular weight excluding hydrogens is 516 g/mol. The van der Waals surface area contributed by atoms with Crippen LogP contribution in [0.5, 0.6) is 0 Å². The van der Waals surface area contributed by atoms with Crippen LogP contribution < -0.4 is 10.6 Å². The monoisotopic (exact) mass is 538 g/mol. The summed E-state index contributed by atoms with van der Waals surface area (Å²) in [5, 5.41) is 23.6. The number of anilines is 1. The van der Waals surface area contributed by atoms with Crippen LogP contribution in [0.2, 0.25) is 0 Å². The molecule has 0 aliphatic heterocycles. The van der Waals surface area contributed by atoms with Crippen LogP contribution in [0, 0.1) is 0 Å². The maximum Gasteiger partial charge on any atom is 0.411 e. The van der Waals surface area contributed by atoms with Crippen LogP contribution in [0.25, 0.3) is 11.1 Å². The molecule has 4 N–H and O–H groups in total. The summed E-state index contributed by atoms with van der Waals surface area (Å²) in [6, 6.07) is 19.0. The molecule has 0 heterocycles. The Kier molecular flexibility index (Phi) is 7.18. The quantitative estimate of drug-likeness (QED) is 0.354. The predicted octanol–water partition coefficient (Wildman–Crippen LogP) is 4.37. The Morgan fingerprint density at radius 3 is 2.14 bits per heavy atom. The van der Waals surface area contributed by atoms with Crippen LogP contribution in [-0.4, -0.2) is 46.9 Å². The number of rotatable bonds is 7. The first-order valence-electron chi connectivity index (χ1n) is 10.9. The van der Waals surface area contributed by atoms with Gasteiger partial charge < -0.3 is 20.3 Å². The second-order valence-corrected chi connectivity index (χ2v) is 9.03. The van der Waals surface area contributed by atoms with Crippen LogP contribution in [0.3, 0.4) is 0 Å². The Morgan fingerprint density at radius 1 is 1.00 bits per heavy atom. The van der Waals surface area contributed by atoms with Crippen molar-refractivity contribution in [1.82, 2.24) is 5.32 Å². The second-order valence-electron chi connectivity index (χ2n) is 8.18. The Balaban J connectivity index is 1.40. The number of hydrogen-bond donors (Lipinski definition) is 4. The number of fused-ring (bicyclic) bond motifs is 3. The van der Waals surface area contributed by atoms with Gasteiger partial charge in [-0.25, -0.2) is 9.59 Å². The van der Waals surface area contributed by atoms with Crippen molar-refractivity contribution >= 4 is 39.6 Å². The molecule has 3 aromatic carbocycles. The molecule has 0 radical (unpaired) electrons. The first-order valence-corrected chi connectivity index (χ1v) is 11.7. The van der Waals surface area contributed by atoms with E-state index in [2.05, 4.69) is 38.7 Å². The molecule has 2 amide bonds. The van der Waals surface area contributed by atoms with Gasteiger partial charge in [0.1, 0.15) is 6.61 Å². The van der Waals surface area contributed by atoms with Crippen molar-refractivity contribution in [3.05, 3.63) is 87.9 Å². The number of ether oxygens (including phenoxy) is 1. The largest absolute Gasteiger partial charge is 0.480 e. The lowest BCUT2D eigenvalue weighted by Gasteiger charge is -2.17. The minimum absolute atomic E-state index is 0.0706. The molecule has 180 valence electrons. The van der Waals surface area contributed by atoms with E-state index in [-0.39, 0.29) is 18.1 Å². The van der Waals surface area contributed by atoms with Crippen LogP contribution in [0.1, 0.15) is 34.3 Å². The molecule has 1 aliphatic carbocycles. The van der Waals surface area contributed by atoms with Crippen LogP contribution in [0.4, 0.5) is 10.5 Å². The number of carboxylic acid groups (broad SMARTS) is 1. The van der Waals surface area contributed by atoms with E-state index >= 15 is 0 Å². The van der Waals surface area contributed by atoms with Gasteiger partial charge in [-0.3, -0.25) is 10.1 Å². The van der Waals surface area contributed by atoms with Gasteiger partial charge in [-0.15, -0.1) is 0 Å². The van der Waals surface area contributed by atoms with Gasteiger partial charge in [-0.2, -0.15) is 0 Å². The van der Waals surface area contributed by atoms with E-state index in [1.54, 1.807) is 0 Å². The van der Waals surface area contributed by atoms with E-state index in [0.717, 1.165) is 22.3 Å². The zero-order valence-corrected chi connectivity index (χ0v) is 20.3. The van der Waals surface area contributed by atoms with Crippen molar-refractivity contribution in [1.29, 1.82) is 0 Å². The molecule has 4 rings (SSSR count). The summed E-state index contributed by atoms with van der Waals surface area (Å²) in [5.74, 6) is -2.09. The van der Waals surface area contributed by atoms with Gasteiger partial charge in [0.05, 0.1) is 11.8 Å². The third-order valence-corrected chi connectivity index (χ3v) is 6.50. The standard InChI is InChI=1S/C26H23BrN2O6/c1-14(30)23(25(32)33)29-24(31)15-10-11-22(21(27)12-15)28-26(34)35-13-20-18-8-4-2-6-16(18)17-7-3-5-9-19(17)20/h2-12,14,20,23,30H,13H2,1H3,(H,28,34)(H,29,31)(H,32,33)/t14-,23+/m1/s1. The summed E-state index contributed by atoms with van der Waals surface area (Å²) in [7, 11) is 0. The number of aliphatic hydroxyl groups excluding tert-OH is 1. The third kappa shape index (κ3) is 5.21. The molecule has 8 nitrogen and oxygen atoms in total. The Morgan fingerprint density at radius 2 is 1.60 bits per heavy atom. The lowest BCUT2D eigenvalue weighted by Crippen LogP contribution is -2.47. The van der Waals surface area contributed by atoms with E-state index < -0.39 is 30.1 Å². The summed E-state index contributed by atoms with van der Waals surface area (Å²) in [4.78, 5) is 36.1. The molecule has 35 heavy (non-hydrogen) atoms. The van der Waals surface area contributed by atoms with Gasteiger partial charge in [0.25, 0.3) is 5.91 Å². The SMILES string of the molecule is C[C@@H](O)[C@H](NC(=O)c1ccc(NC(=O)OCC2c3ccccc3-c3ccccc32)c(Br)c1)C(=O)O. The van der Waals surface area contributed by atoms with Gasteiger partial charge in [-0.05, 0) is 63.3 Å². The lowest BCUT2D eigenvalue weighted by molar-refractivity contribution is -0.141. The van der Waals surface area contributed by atoms with Gasteiger partial charge in [0.15, 0.2) is 6.04 Å². The second kappa shape index (κ2) is 10.3. The van der Waals surface area contributed by atoms with Crippen molar-refractivity contribution in [2.75, 3.05) is 11.9 Å². The molecule has 0 fully saturated rings. The smallest absolute Gasteiger partial charge is 0.411 e. The zero-order chi connectivity index (χ0) is 25.1. The number of aliphatic hydroxyl groups is 1. The highest BCUT2D eigenvalue weighted by atomic mass is 79.9. The number of nitrogens with one attached hydrogen (secondary N) is 2. The van der Waals surface area contributed by atoms with E-state index in [1.165, 1.54) is 25.1 Å². The molecule has 0 aromatic heterocycles. The minimum atomic E-state index is -1.44. The topological polar surface area (TPSA) is 125 Å². The number of aliphatic carboxylic acids is 1. The third-order valence-electron chi connectivity index (χ3n) is 5.85. The molecule has 2 atom stereocenters. The van der Waals surface area contributed by atoms with Gasteiger partial charge >= 0.3 is 12.1 Å². The molecule has 0 unspecified atom stereocenters. The van der Waals surface area contributed by atoms with Gasteiger partial charge in [0, 0.05) is 16.0 Å². The predicted molar refractivity (Wildman–Crippen MR) is 133 cm³/mol. The molecule has 0 saturated carbocycles. The highest BCUT2D eigenvalue weighted by Crippen LogP contribution is 2.44. The molecule has 1 aliphatic rings. The highest BCUT2D eigenvalue weighted by Gasteiger charge is 2.29. The summed E-state index contributed by atoms with van der Waals surface area (Å²) < 4.78 is 5.94. The highest BCUT2D eigenvalue weighted by molar-refractivity contribution is 9.10. The summed E-state index contributed by atoms with van der Waals surface area (Å²) in [6.45, 7) is 1.43. The molecule has 0 saturated heterocycles. The van der Waals surface area contributed by atoms with E-state index in [0.29, 0.717) is 10.2 Å². The number of carbonyl (C=O) groups is 3. The van der Waals surface area contributed by atoms with Crippen LogP contribution in [0.15, 0.2) is 71.2 Å². The zero-order valence-electron chi connectivity index (χ0n) is 18.7. The summed E-state index contributed by atoms with van der Waals surface area (Å²) in [5.41, 5.74) is 5.01. The molecule has 3 aromatic rings. The van der Waals surface area contributed by atoms with Crippen molar-refractivity contribution in [2.45, 2.75) is 25.0 Å². The summed E-state index contributed by atoms with van der Waals surface area (Å²) >= 11 is 3.31. The number of hydrogen-bond acceptors (Lipinski definition) is 5. The van der Waals surface area contributed by atoms with E-state index in [4.69, 9.17) is 9.84 Å². The number of carboxylic acids is 1. The molecule has 9 heteroatoms.